The van der Waals surface area contributed by atoms with Gasteiger partial charge in [-0.1, -0.05) is 43.6 Å². The van der Waals surface area contributed by atoms with Crippen LogP contribution in [0.1, 0.15) is 30.5 Å². The van der Waals surface area contributed by atoms with Gasteiger partial charge in [-0.15, -0.1) is 0 Å². The van der Waals surface area contributed by atoms with Crippen LogP contribution in [0, 0.1) is 13.8 Å². The highest BCUT2D eigenvalue weighted by Crippen LogP contribution is 2.32. The fourth-order valence-electron chi connectivity index (χ4n) is 2.07. The maximum Gasteiger partial charge on any atom is 0.146 e. The summed E-state index contributed by atoms with van der Waals surface area (Å²) >= 11 is 6.18. The van der Waals surface area contributed by atoms with Crippen molar-refractivity contribution in [2.75, 3.05) is 0 Å². The van der Waals surface area contributed by atoms with Crippen LogP contribution >= 0.6 is 11.6 Å². The van der Waals surface area contributed by atoms with Crippen LogP contribution in [0.2, 0.25) is 5.02 Å². The molecule has 0 atom stereocenters. The van der Waals surface area contributed by atoms with Gasteiger partial charge in [0.1, 0.15) is 11.5 Å². The van der Waals surface area contributed by atoms with Gasteiger partial charge in [0.15, 0.2) is 0 Å². The Morgan fingerprint density at radius 2 is 1.81 bits per heavy atom. The third-order valence-corrected chi connectivity index (χ3v) is 3.57. The van der Waals surface area contributed by atoms with Gasteiger partial charge in [-0.05, 0) is 48.7 Å². The van der Waals surface area contributed by atoms with Gasteiger partial charge in [-0.25, -0.2) is 0 Å². The van der Waals surface area contributed by atoms with Crippen molar-refractivity contribution in [3.05, 3.63) is 58.1 Å². The second-order valence-electron chi connectivity index (χ2n) is 5.67. The van der Waals surface area contributed by atoms with Crippen molar-refractivity contribution in [2.24, 2.45) is 0 Å². The van der Waals surface area contributed by atoms with E-state index in [-0.39, 0.29) is 0 Å². The number of benzene rings is 2. The van der Waals surface area contributed by atoms with Gasteiger partial charge in [0.25, 0.3) is 0 Å². The Labute approximate surface area is 132 Å². The van der Waals surface area contributed by atoms with Crippen molar-refractivity contribution in [3.63, 3.8) is 0 Å². The molecule has 0 saturated carbocycles. The Balaban J connectivity index is 2.15. The number of rotatable bonds is 5. The van der Waals surface area contributed by atoms with Gasteiger partial charge in [0.2, 0.25) is 0 Å². The predicted molar refractivity (Wildman–Crippen MR) is 89.4 cm³/mol. The molecular formula is C18H22ClNO. The number of nitrogens with one attached hydrogen (secondary N) is 1. The van der Waals surface area contributed by atoms with Gasteiger partial charge in [-0.2, -0.15) is 0 Å². The molecule has 21 heavy (non-hydrogen) atoms. The molecule has 0 aliphatic rings. The van der Waals surface area contributed by atoms with Crippen molar-refractivity contribution in [1.82, 2.24) is 5.32 Å². The molecule has 0 aromatic heterocycles. The summed E-state index contributed by atoms with van der Waals surface area (Å²) in [7, 11) is 0. The summed E-state index contributed by atoms with van der Waals surface area (Å²) in [5.74, 6) is 1.55. The van der Waals surface area contributed by atoms with Crippen LogP contribution < -0.4 is 10.1 Å². The minimum atomic E-state index is 0.479. The van der Waals surface area contributed by atoms with Crippen molar-refractivity contribution in [1.29, 1.82) is 0 Å². The Morgan fingerprint density at radius 1 is 1.05 bits per heavy atom. The lowest BCUT2D eigenvalue weighted by atomic mass is 10.1. The zero-order valence-electron chi connectivity index (χ0n) is 13.0. The summed E-state index contributed by atoms with van der Waals surface area (Å²) in [5, 5.41) is 4.04. The summed E-state index contributed by atoms with van der Waals surface area (Å²) in [6, 6.07) is 12.5. The smallest absolute Gasteiger partial charge is 0.146 e. The average Bonchev–Trinajstić information content (AvgIpc) is 2.43. The van der Waals surface area contributed by atoms with Crippen LogP contribution in [0.25, 0.3) is 0 Å². The largest absolute Gasteiger partial charge is 0.456 e. The number of halogens is 1. The summed E-state index contributed by atoms with van der Waals surface area (Å²) in [6.07, 6.45) is 0. The Bertz CT molecular complexity index is 623. The minimum Gasteiger partial charge on any atom is -0.456 e. The second kappa shape index (κ2) is 6.97. The van der Waals surface area contributed by atoms with E-state index in [0.29, 0.717) is 16.8 Å². The SMILES string of the molecule is Cc1ccc(Cl)c(Oc2ccc(CNC(C)C)cc2C)c1. The summed E-state index contributed by atoms with van der Waals surface area (Å²) in [6.45, 7) is 9.23. The van der Waals surface area contributed by atoms with Gasteiger partial charge in [0, 0.05) is 12.6 Å². The maximum atomic E-state index is 6.18. The lowest BCUT2D eigenvalue weighted by molar-refractivity contribution is 0.478. The molecule has 0 unspecified atom stereocenters. The summed E-state index contributed by atoms with van der Waals surface area (Å²) < 4.78 is 5.95. The van der Waals surface area contributed by atoms with Crippen LogP contribution in [0.3, 0.4) is 0 Å². The van der Waals surface area contributed by atoms with Gasteiger partial charge in [-0.3, -0.25) is 0 Å². The van der Waals surface area contributed by atoms with E-state index >= 15 is 0 Å². The van der Waals surface area contributed by atoms with Gasteiger partial charge < -0.3 is 10.1 Å². The topological polar surface area (TPSA) is 21.3 Å². The van der Waals surface area contributed by atoms with E-state index in [2.05, 4.69) is 38.2 Å². The molecule has 0 amide bonds. The number of ether oxygens (including phenoxy) is 1. The van der Waals surface area contributed by atoms with Crippen molar-refractivity contribution in [2.45, 2.75) is 40.3 Å². The van der Waals surface area contributed by atoms with Crippen molar-refractivity contribution >= 4 is 11.6 Å². The molecule has 112 valence electrons. The number of hydrogen-bond donors (Lipinski definition) is 1. The second-order valence-corrected chi connectivity index (χ2v) is 6.08. The zero-order valence-corrected chi connectivity index (χ0v) is 13.8. The lowest BCUT2D eigenvalue weighted by Crippen LogP contribution is -2.21. The first-order valence-corrected chi connectivity index (χ1v) is 7.60. The van der Waals surface area contributed by atoms with Crippen molar-refractivity contribution < 1.29 is 4.74 Å². The predicted octanol–water partition coefficient (Wildman–Crippen LogP) is 5.25. The number of aryl methyl sites for hydroxylation is 2. The van der Waals surface area contributed by atoms with E-state index in [1.165, 1.54) is 5.56 Å². The molecule has 2 aromatic carbocycles. The molecule has 2 nitrogen and oxygen atoms in total. The first kappa shape index (κ1) is 15.9. The Kier molecular flexibility index (Phi) is 5.27. The van der Waals surface area contributed by atoms with Crippen molar-refractivity contribution in [3.8, 4) is 11.5 Å². The molecule has 1 N–H and O–H groups in total. The molecule has 2 rings (SSSR count). The minimum absolute atomic E-state index is 0.479. The van der Waals surface area contributed by atoms with Crippen LogP contribution in [0.5, 0.6) is 11.5 Å². The monoisotopic (exact) mass is 303 g/mol. The summed E-state index contributed by atoms with van der Waals surface area (Å²) in [5.41, 5.74) is 3.49. The molecule has 0 saturated heterocycles. The molecule has 0 fully saturated rings. The molecule has 0 radical (unpaired) electrons. The van der Waals surface area contributed by atoms with E-state index in [4.69, 9.17) is 16.3 Å². The number of hydrogen-bond acceptors (Lipinski definition) is 2. The maximum absolute atomic E-state index is 6.18. The fraction of sp³-hybridized carbons (Fsp3) is 0.333. The normalized spacial score (nSPS) is 11.0. The highest BCUT2D eigenvalue weighted by Gasteiger charge is 2.07. The van der Waals surface area contributed by atoms with Gasteiger partial charge >= 0.3 is 0 Å². The molecule has 0 aliphatic carbocycles. The molecule has 3 heteroatoms. The van der Waals surface area contributed by atoms with Crippen LogP contribution in [-0.2, 0) is 6.54 Å². The van der Waals surface area contributed by atoms with Crippen LogP contribution in [0.15, 0.2) is 36.4 Å². The quantitative estimate of drug-likeness (QED) is 0.815. The molecule has 0 bridgehead atoms. The van der Waals surface area contributed by atoms with Crippen LogP contribution in [-0.4, -0.2) is 6.04 Å². The van der Waals surface area contributed by atoms with E-state index < -0.39 is 0 Å². The summed E-state index contributed by atoms with van der Waals surface area (Å²) in [4.78, 5) is 0. The van der Waals surface area contributed by atoms with E-state index in [1.807, 2.05) is 31.2 Å². The molecular weight excluding hydrogens is 282 g/mol. The first-order chi connectivity index (χ1) is 9.95. The molecule has 2 aromatic rings. The third-order valence-electron chi connectivity index (χ3n) is 3.26. The lowest BCUT2D eigenvalue weighted by Gasteiger charge is -2.13. The molecule has 0 spiro atoms. The first-order valence-electron chi connectivity index (χ1n) is 7.22. The zero-order chi connectivity index (χ0) is 15.4. The van der Waals surface area contributed by atoms with Crippen LogP contribution in [0.4, 0.5) is 0 Å². The highest BCUT2D eigenvalue weighted by atomic mass is 35.5. The molecule has 0 aliphatic heterocycles. The highest BCUT2D eigenvalue weighted by molar-refractivity contribution is 6.32. The third kappa shape index (κ3) is 4.48. The molecule has 0 heterocycles. The van der Waals surface area contributed by atoms with Gasteiger partial charge in [0.05, 0.1) is 5.02 Å². The Morgan fingerprint density at radius 3 is 2.48 bits per heavy atom. The van der Waals surface area contributed by atoms with E-state index in [0.717, 1.165) is 23.4 Å². The average molecular weight is 304 g/mol. The fourth-order valence-corrected chi connectivity index (χ4v) is 2.22. The Hall–Kier alpha value is -1.51. The standard InChI is InChI=1S/C18H22ClNO/c1-12(2)20-11-15-6-8-17(14(4)10-15)21-18-9-13(3)5-7-16(18)19/h5-10,12,20H,11H2,1-4H3. The van der Waals surface area contributed by atoms with E-state index in [9.17, 15) is 0 Å². The van der Waals surface area contributed by atoms with E-state index in [1.54, 1.807) is 0 Å².